The zero-order chi connectivity index (χ0) is 23.1. The predicted molar refractivity (Wildman–Crippen MR) is 115 cm³/mol. The number of amides is 2. The van der Waals surface area contributed by atoms with Gasteiger partial charge in [0, 0.05) is 24.0 Å². The van der Waals surface area contributed by atoms with E-state index in [0.29, 0.717) is 41.6 Å². The number of ether oxygens (including phenoxy) is 2. The lowest BCUT2D eigenvalue weighted by molar-refractivity contribution is 0.0599. The molecule has 2 amide bonds. The van der Waals surface area contributed by atoms with Gasteiger partial charge in [0.25, 0.3) is 5.91 Å². The van der Waals surface area contributed by atoms with Crippen LogP contribution in [0.2, 0.25) is 0 Å². The molecule has 4 N–H and O–H groups in total. The lowest BCUT2D eigenvalue weighted by atomic mass is 9.96. The fourth-order valence-electron chi connectivity index (χ4n) is 3.00. The lowest BCUT2D eigenvalue weighted by Crippen LogP contribution is -2.34. The third-order valence-electron chi connectivity index (χ3n) is 4.75. The van der Waals surface area contributed by atoms with Gasteiger partial charge in [-0.05, 0) is 55.2 Å². The van der Waals surface area contributed by atoms with Gasteiger partial charge in [0.05, 0.1) is 24.8 Å². The fourth-order valence-corrected chi connectivity index (χ4v) is 3.00. The minimum Gasteiger partial charge on any atom is -0.465 e. The Morgan fingerprint density at radius 3 is 2.26 bits per heavy atom. The molecule has 2 aromatic rings. The van der Waals surface area contributed by atoms with Gasteiger partial charge in [-0.15, -0.1) is 0 Å². The second kappa shape index (κ2) is 10.2. The summed E-state index contributed by atoms with van der Waals surface area (Å²) >= 11 is 0. The van der Waals surface area contributed by atoms with E-state index in [1.807, 2.05) is 0 Å². The Bertz CT molecular complexity index is 1020. The predicted octanol–water partition coefficient (Wildman–Crippen LogP) is 2.46. The van der Waals surface area contributed by atoms with Crippen molar-refractivity contribution in [1.29, 1.82) is 0 Å². The monoisotopic (exact) mass is 427 g/mol. The number of methoxy groups -OCH3 is 1. The number of esters is 1. The number of nitrogens with zero attached hydrogens (tertiary/aromatic N) is 1. The molecule has 0 atom stereocenters. The van der Waals surface area contributed by atoms with Gasteiger partial charge >= 0.3 is 12.1 Å². The largest absolute Gasteiger partial charge is 0.465 e. The van der Waals surface area contributed by atoms with Gasteiger partial charge in [0.1, 0.15) is 0 Å². The summed E-state index contributed by atoms with van der Waals surface area (Å²) in [5, 5.41) is 0. The Hall–Kier alpha value is -3.88. The molecule has 0 heterocycles. The standard InChI is InChI=1S/C22H25N3O6/c1-4-31-22(29)25(2)20(27)17-9-14(19(24)11-16(17)12-26)7-5-13-6-8-15(10-18(13)23)21(28)30-3/h6,8-12H,4-5,7,23-24H2,1-3H3. The van der Waals surface area contributed by atoms with E-state index in [-0.39, 0.29) is 17.7 Å². The lowest BCUT2D eigenvalue weighted by Gasteiger charge is -2.17. The number of hydrogen-bond donors (Lipinski definition) is 2. The summed E-state index contributed by atoms with van der Waals surface area (Å²) in [5.74, 6) is -1.16. The molecule has 0 radical (unpaired) electrons. The highest BCUT2D eigenvalue weighted by Crippen LogP contribution is 2.23. The third kappa shape index (κ3) is 5.39. The maximum atomic E-state index is 12.7. The highest BCUT2D eigenvalue weighted by atomic mass is 16.6. The van der Waals surface area contributed by atoms with Crippen LogP contribution in [-0.2, 0) is 22.3 Å². The highest BCUT2D eigenvalue weighted by molar-refractivity contribution is 6.07. The Morgan fingerprint density at radius 2 is 1.68 bits per heavy atom. The highest BCUT2D eigenvalue weighted by Gasteiger charge is 2.23. The zero-order valence-electron chi connectivity index (χ0n) is 17.6. The summed E-state index contributed by atoms with van der Waals surface area (Å²) in [4.78, 5) is 48.5. The summed E-state index contributed by atoms with van der Waals surface area (Å²) in [6, 6.07) is 7.76. The van der Waals surface area contributed by atoms with Crippen LogP contribution in [0.1, 0.15) is 49.1 Å². The number of rotatable bonds is 7. The molecule has 0 aliphatic heterocycles. The van der Waals surface area contributed by atoms with Gasteiger partial charge in [-0.25, -0.2) is 14.5 Å². The van der Waals surface area contributed by atoms with Gasteiger partial charge < -0.3 is 20.9 Å². The van der Waals surface area contributed by atoms with Gasteiger partial charge in [-0.3, -0.25) is 9.59 Å². The van der Waals surface area contributed by atoms with Crippen molar-refractivity contribution in [2.75, 3.05) is 32.2 Å². The van der Waals surface area contributed by atoms with Crippen LogP contribution in [0.5, 0.6) is 0 Å². The number of anilines is 2. The van der Waals surface area contributed by atoms with Crippen molar-refractivity contribution in [1.82, 2.24) is 4.90 Å². The molecule has 0 aliphatic rings. The summed E-state index contributed by atoms with van der Waals surface area (Å²) in [7, 11) is 2.56. The first-order valence-corrected chi connectivity index (χ1v) is 9.52. The molecule has 9 heteroatoms. The Morgan fingerprint density at radius 1 is 1.03 bits per heavy atom. The van der Waals surface area contributed by atoms with E-state index in [2.05, 4.69) is 4.74 Å². The smallest absolute Gasteiger partial charge is 0.416 e. The number of aryl methyl sites for hydroxylation is 2. The Balaban J connectivity index is 2.29. The van der Waals surface area contributed by atoms with Gasteiger partial charge in [0.15, 0.2) is 6.29 Å². The van der Waals surface area contributed by atoms with Gasteiger partial charge in [0.2, 0.25) is 0 Å². The maximum absolute atomic E-state index is 12.7. The Kier molecular flexibility index (Phi) is 7.73. The average Bonchev–Trinajstić information content (AvgIpc) is 2.77. The summed E-state index contributed by atoms with van der Waals surface area (Å²) in [6.45, 7) is 1.73. The number of carbonyl (C=O) groups excluding carboxylic acids is 4. The Labute approximate surface area is 179 Å². The van der Waals surface area contributed by atoms with Crippen LogP contribution in [0.15, 0.2) is 30.3 Å². The summed E-state index contributed by atoms with van der Waals surface area (Å²) in [5.41, 5.74) is 14.7. The number of imide groups is 1. The van der Waals surface area contributed by atoms with Crippen molar-refractivity contribution in [3.05, 3.63) is 58.1 Å². The molecular weight excluding hydrogens is 402 g/mol. The molecule has 2 aromatic carbocycles. The quantitative estimate of drug-likeness (QED) is 0.390. The summed E-state index contributed by atoms with van der Waals surface area (Å²) in [6.07, 6.45) is 0.576. The first kappa shape index (κ1) is 23.4. The number of aldehydes is 1. The summed E-state index contributed by atoms with van der Waals surface area (Å²) < 4.78 is 9.51. The molecule has 0 spiro atoms. The molecule has 31 heavy (non-hydrogen) atoms. The van der Waals surface area contributed by atoms with Crippen LogP contribution < -0.4 is 11.5 Å². The van der Waals surface area contributed by atoms with Crippen molar-refractivity contribution >= 4 is 35.6 Å². The molecule has 0 bridgehead atoms. The topological polar surface area (TPSA) is 142 Å². The number of hydrogen-bond acceptors (Lipinski definition) is 8. The van der Waals surface area contributed by atoms with Crippen molar-refractivity contribution in [3.8, 4) is 0 Å². The minimum atomic E-state index is -0.818. The molecule has 0 saturated heterocycles. The van der Waals surface area contributed by atoms with Crippen LogP contribution in [0.4, 0.5) is 16.2 Å². The van der Waals surface area contributed by atoms with Crippen molar-refractivity contribution in [3.63, 3.8) is 0 Å². The molecule has 164 valence electrons. The number of nitrogens with two attached hydrogens (primary N) is 2. The zero-order valence-corrected chi connectivity index (χ0v) is 17.6. The SMILES string of the molecule is CCOC(=O)N(C)C(=O)c1cc(CCc2ccc(C(=O)OC)cc2N)c(N)cc1C=O. The van der Waals surface area contributed by atoms with Crippen LogP contribution in [-0.4, -0.2) is 49.9 Å². The number of nitrogen functional groups attached to an aromatic ring is 2. The molecule has 0 fully saturated rings. The molecule has 0 aliphatic carbocycles. The fraction of sp³-hybridized carbons (Fsp3) is 0.273. The van der Waals surface area contributed by atoms with Crippen molar-refractivity contribution < 1.29 is 28.7 Å². The van der Waals surface area contributed by atoms with Crippen LogP contribution in [0.25, 0.3) is 0 Å². The van der Waals surface area contributed by atoms with Crippen molar-refractivity contribution in [2.24, 2.45) is 0 Å². The maximum Gasteiger partial charge on any atom is 0.416 e. The van der Waals surface area contributed by atoms with Crippen molar-refractivity contribution in [2.45, 2.75) is 19.8 Å². The van der Waals surface area contributed by atoms with E-state index in [1.54, 1.807) is 19.1 Å². The average molecular weight is 427 g/mol. The van der Waals surface area contributed by atoms with E-state index in [1.165, 1.54) is 32.4 Å². The second-order valence-corrected chi connectivity index (χ2v) is 6.72. The molecule has 0 aromatic heterocycles. The van der Waals surface area contributed by atoms with E-state index >= 15 is 0 Å². The molecule has 9 nitrogen and oxygen atoms in total. The van der Waals surface area contributed by atoms with Crippen LogP contribution in [0, 0.1) is 0 Å². The van der Waals surface area contributed by atoms with Gasteiger partial charge in [-0.1, -0.05) is 6.07 Å². The number of benzene rings is 2. The molecular formula is C22H25N3O6. The molecule has 0 saturated carbocycles. The van der Waals surface area contributed by atoms with E-state index in [9.17, 15) is 19.2 Å². The van der Waals surface area contributed by atoms with E-state index in [4.69, 9.17) is 16.2 Å². The normalized spacial score (nSPS) is 10.3. The van der Waals surface area contributed by atoms with Crippen LogP contribution in [0.3, 0.4) is 0 Å². The first-order valence-electron chi connectivity index (χ1n) is 9.52. The molecule has 2 rings (SSSR count). The second-order valence-electron chi connectivity index (χ2n) is 6.72. The minimum absolute atomic E-state index is 0.0452. The van der Waals surface area contributed by atoms with E-state index < -0.39 is 18.0 Å². The van der Waals surface area contributed by atoms with E-state index in [0.717, 1.165) is 10.5 Å². The first-order chi connectivity index (χ1) is 14.7. The number of carbonyl (C=O) groups is 4. The molecule has 0 unspecified atom stereocenters. The van der Waals surface area contributed by atoms with Crippen LogP contribution >= 0.6 is 0 Å². The third-order valence-corrected chi connectivity index (χ3v) is 4.75. The van der Waals surface area contributed by atoms with Gasteiger partial charge in [-0.2, -0.15) is 0 Å².